The van der Waals surface area contributed by atoms with Crippen LogP contribution in [0.5, 0.6) is 5.75 Å². The number of hydrogen-bond donors (Lipinski definition) is 2. The molecule has 2 aromatic carbocycles. The molecule has 2 N–H and O–H groups in total. The summed E-state index contributed by atoms with van der Waals surface area (Å²) in [4.78, 5) is 25.2. The minimum atomic E-state index is -0.719. The van der Waals surface area contributed by atoms with Gasteiger partial charge in [-0.05, 0) is 93.4 Å². The van der Waals surface area contributed by atoms with Crippen LogP contribution in [0.2, 0.25) is 0 Å². The summed E-state index contributed by atoms with van der Waals surface area (Å²) in [6, 6.07) is 11.3. The van der Waals surface area contributed by atoms with Crippen molar-refractivity contribution in [3.05, 3.63) is 60.7 Å². The Kier molecular flexibility index (Phi) is 8.33. The number of phenols is 1. The third-order valence-corrected chi connectivity index (χ3v) is 5.40. The van der Waals surface area contributed by atoms with Gasteiger partial charge in [-0.1, -0.05) is 26.0 Å². The van der Waals surface area contributed by atoms with E-state index >= 15 is 0 Å². The van der Waals surface area contributed by atoms with Crippen LogP contribution in [0.1, 0.15) is 36.2 Å². The van der Waals surface area contributed by atoms with E-state index in [1.807, 2.05) is 26.0 Å². The predicted octanol–water partition coefficient (Wildman–Crippen LogP) is 4.49. The second-order valence-corrected chi connectivity index (χ2v) is 8.96. The maximum atomic E-state index is 12.7. The van der Waals surface area contributed by atoms with Gasteiger partial charge in [0.25, 0.3) is 5.91 Å². The minimum absolute atomic E-state index is 0.0876. The molecule has 2 rings (SSSR count). The molecule has 27 heavy (non-hydrogen) atoms. The van der Waals surface area contributed by atoms with Crippen molar-refractivity contribution in [2.75, 3.05) is 0 Å². The molecule has 0 aliphatic carbocycles. The second-order valence-electron chi connectivity index (χ2n) is 6.55. The highest BCUT2D eigenvalue weighted by atomic mass is 127. The summed E-state index contributed by atoms with van der Waals surface area (Å²) in [7, 11) is 0. The van der Waals surface area contributed by atoms with Gasteiger partial charge >= 0.3 is 5.97 Å². The van der Waals surface area contributed by atoms with E-state index in [2.05, 4.69) is 50.5 Å². The van der Waals surface area contributed by atoms with Gasteiger partial charge in [0.2, 0.25) is 0 Å². The fourth-order valence-corrected chi connectivity index (χ4v) is 3.51. The number of phenolic OH excluding ortho intramolecular Hbond substituents is 1. The number of hydrogen-bond acceptors (Lipinski definition) is 4. The lowest BCUT2D eigenvalue weighted by molar-refractivity contribution is -0.147. The first kappa shape index (κ1) is 21.9. The molecule has 0 unspecified atom stereocenters. The zero-order valence-electron chi connectivity index (χ0n) is 15.0. The first-order chi connectivity index (χ1) is 12.8. The number of benzene rings is 2. The number of rotatable bonds is 7. The Bertz CT molecular complexity index is 806. The van der Waals surface area contributed by atoms with Crippen molar-refractivity contribution in [3.8, 4) is 5.75 Å². The summed E-state index contributed by atoms with van der Waals surface area (Å²) in [6.45, 7) is 4.06. The van der Waals surface area contributed by atoms with Crippen LogP contribution in [0, 0.1) is 13.1 Å². The Morgan fingerprint density at radius 3 is 2.41 bits per heavy atom. The highest BCUT2D eigenvalue weighted by molar-refractivity contribution is 14.1. The molecule has 1 atom stereocenters. The molecule has 0 saturated carbocycles. The Labute approximate surface area is 186 Å². The van der Waals surface area contributed by atoms with Crippen LogP contribution in [0.3, 0.4) is 0 Å². The van der Waals surface area contributed by atoms with Crippen molar-refractivity contribution >= 4 is 57.1 Å². The van der Waals surface area contributed by atoms with Crippen LogP contribution in [-0.2, 0) is 16.1 Å². The van der Waals surface area contributed by atoms with E-state index in [-0.39, 0.29) is 24.2 Å². The smallest absolute Gasteiger partial charge is 0.328 e. The van der Waals surface area contributed by atoms with E-state index in [0.29, 0.717) is 12.0 Å². The summed E-state index contributed by atoms with van der Waals surface area (Å²) in [5.74, 6) is -0.385. The standard InChI is InChI=1S/C20H21I2NO4/c1-12(2)9-18(20(26)27-11-13-3-6-15(24)7-4-13)23-19(25)16-10-14(21)5-8-17(16)22/h3-8,10,12,18,24H,9,11H2,1-2H3,(H,23,25)/t18-/m0/s1. The molecule has 0 fully saturated rings. The van der Waals surface area contributed by atoms with E-state index in [1.165, 1.54) is 12.1 Å². The van der Waals surface area contributed by atoms with Gasteiger partial charge in [0.1, 0.15) is 18.4 Å². The summed E-state index contributed by atoms with van der Waals surface area (Å²) in [5.41, 5.74) is 1.31. The molecule has 5 nitrogen and oxygen atoms in total. The number of amides is 1. The Balaban J connectivity index is 2.06. The summed E-state index contributed by atoms with van der Waals surface area (Å²) in [6.07, 6.45) is 0.487. The Morgan fingerprint density at radius 1 is 1.11 bits per heavy atom. The van der Waals surface area contributed by atoms with Gasteiger partial charge < -0.3 is 15.2 Å². The maximum Gasteiger partial charge on any atom is 0.328 e. The molecular formula is C20H21I2NO4. The average molecular weight is 593 g/mol. The van der Waals surface area contributed by atoms with Crippen molar-refractivity contribution in [1.82, 2.24) is 5.32 Å². The average Bonchev–Trinajstić information content (AvgIpc) is 2.62. The van der Waals surface area contributed by atoms with E-state index in [1.54, 1.807) is 18.2 Å². The second kappa shape index (κ2) is 10.3. The van der Waals surface area contributed by atoms with E-state index in [0.717, 1.165) is 12.7 Å². The van der Waals surface area contributed by atoms with Crippen molar-refractivity contribution in [1.29, 1.82) is 0 Å². The largest absolute Gasteiger partial charge is 0.508 e. The van der Waals surface area contributed by atoms with Crippen LogP contribution in [-0.4, -0.2) is 23.0 Å². The van der Waals surface area contributed by atoms with Gasteiger partial charge in [0.05, 0.1) is 5.56 Å². The number of aromatic hydroxyl groups is 1. The lowest BCUT2D eigenvalue weighted by Gasteiger charge is -2.20. The first-order valence-corrected chi connectivity index (χ1v) is 10.6. The SMILES string of the molecule is CC(C)C[C@H](NC(=O)c1cc(I)ccc1I)C(=O)OCc1ccc(O)cc1. The minimum Gasteiger partial charge on any atom is -0.508 e. The van der Waals surface area contributed by atoms with Crippen molar-refractivity contribution in [2.45, 2.75) is 32.9 Å². The molecule has 0 bridgehead atoms. The zero-order chi connectivity index (χ0) is 20.0. The summed E-state index contributed by atoms with van der Waals surface area (Å²) < 4.78 is 7.16. The third kappa shape index (κ3) is 6.95. The van der Waals surface area contributed by atoms with Crippen LogP contribution in [0.25, 0.3) is 0 Å². The normalized spacial score (nSPS) is 11.9. The number of carbonyl (C=O) groups excluding carboxylic acids is 2. The molecule has 0 spiro atoms. The molecule has 144 valence electrons. The number of halogens is 2. The van der Waals surface area contributed by atoms with Gasteiger partial charge in [-0.15, -0.1) is 0 Å². The molecule has 0 radical (unpaired) electrons. The zero-order valence-corrected chi connectivity index (χ0v) is 19.4. The van der Waals surface area contributed by atoms with Gasteiger partial charge in [-0.3, -0.25) is 4.79 Å². The van der Waals surface area contributed by atoms with Crippen LogP contribution >= 0.6 is 45.2 Å². The molecule has 1 amide bonds. The van der Waals surface area contributed by atoms with Crippen LogP contribution < -0.4 is 5.32 Å². The molecule has 0 aromatic heterocycles. The molecule has 0 saturated heterocycles. The van der Waals surface area contributed by atoms with Crippen LogP contribution in [0.4, 0.5) is 0 Å². The third-order valence-electron chi connectivity index (χ3n) is 3.79. The molecule has 0 aliphatic rings. The molecule has 0 aliphatic heterocycles. The fourth-order valence-electron chi connectivity index (χ4n) is 2.44. The number of nitrogens with one attached hydrogen (secondary N) is 1. The maximum absolute atomic E-state index is 12.7. The topological polar surface area (TPSA) is 75.6 Å². The highest BCUT2D eigenvalue weighted by Crippen LogP contribution is 2.17. The van der Waals surface area contributed by atoms with Gasteiger partial charge in [0.15, 0.2) is 0 Å². The van der Waals surface area contributed by atoms with Crippen molar-refractivity contribution in [2.24, 2.45) is 5.92 Å². The van der Waals surface area contributed by atoms with Crippen LogP contribution in [0.15, 0.2) is 42.5 Å². The number of ether oxygens (including phenoxy) is 1. The Morgan fingerprint density at radius 2 is 1.78 bits per heavy atom. The van der Waals surface area contributed by atoms with Gasteiger partial charge in [-0.25, -0.2) is 4.79 Å². The number of esters is 1. The lowest BCUT2D eigenvalue weighted by atomic mass is 10.0. The quantitative estimate of drug-likeness (QED) is 0.367. The van der Waals surface area contributed by atoms with E-state index in [4.69, 9.17) is 4.74 Å². The van der Waals surface area contributed by atoms with Gasteiger partial charge in [0, 0.05) is 7.14 Å². The monoisotopic (exact) mass is 593 g/mol. The summed E-state index contributed by atoms with van der Waals surface area (Å²) in [5, 5.41) is 12.1. The first-order valence-electron chi connectivity index (χ1n) is 8.46. The molecule has 7 heteroatoms. The highest BCUT2D eigenvalue weighted by Gasteiger charge is 2.25. The molecule has 0 heterocycles. The Hall–Kier alpha value is -1.36. The molecular weight excluding hydrogens is 572 g/mol. The van der Waals surface area contributed by atoms with Crippen molar-refractivity contribution < 1.29 is 19.4 Å². The lowest BCUT2D eigenvalue weighted by Crippen LogP contribution is -2.43. The van der Waals surface area contributed by atoms with Crippen molar-refractivity contribution in [3.63, 3.8) is 0 Å². The van der Waals surface area contributed by atoms with E-state index < -0.39 is 12.0 Å². The predicted molar refractivity (Wildman–Crippen MR) is 120 cm³/mol. The molecule has 2 aromatic rings. The number of carbonyl (C=O) groups is 2. The summed E-state index contributed by atoms with van der Waals surface area (Å²) >= 11 is 4.26. The van der Waals surface area contributed by atoms with E-state index in [9.17, 15) is 14.7 Å². The fraction of sp³-hybridized carbons (Fsp3) is 0.300. The van der Waals surface area contributed by atoms with Gasteiger partial charge in [-0.2, -0.15) is 0 Å².